The summed E-state index contributed by atoms with van der Waals surface area (Å²) in [5, 5.41) is 8.69. The van der Waals surface area contributed by atoms with E-state index in [9.17, 15) is 14.9 Å². The number of hydrogen-bond acceptors (Lipinski definition) is 4. The number of hydrogen-bond donors (Lipinski definition) is 0. The van der Waals surface area contributed by atoms with Gasteiger partial charge in [0.15, 0.2) is 12.4 Å². The van der Waals surface area contributed by atoms with Gasteiger partial charge in [-0.3, -0.25) is 4.79 Å². The number of nitrogens with zero attached hydrogens (tertiary/aromatic N) is 2. The van der Waals surface area contributed by atoms with Gasteiger partial charge in [0, 0.05) is 6.07 Å². The Morgan fingerprint density at radius 3 is 2.92 bits per heavy atom. The molecule has 1 heterocycles. The molecule has 0 saturated heterocycles. The first-order valence-electron chi connectivity index (χ1n) is 3.41. The summed E-state index contributed by atoms with van der Waals surface area (Å²) in [6.07, 6.45) is 3.13. The van der Waals surface area contributed by atoms with Crippen LogP contribution >= 0.6 is 0 Å². The summed E-state index contributed by atoms with van der Waals surface area (Å²) in [5.41, 5.74) is 0.140. The Morgan fingerprint density at radius 1 is 1.69 bits per heavy atom. The van der Waals surface area contributed by atoms with E-state index in [4.69, 9.17) is 0 Å². The zero-order valence-electron chi connectivity index (χ0n) is 6.84. The van der Waals surface area contributed by atoms with E-state index in [0.29, 0.717) is 0 Å². The number of carbonyl (C=O) groups is 1. The van der Waals surface area contributed by atoms with Crippen LogP contribution in [-0.2, 0) is 11.9 Å². The average molecular weight is 183 g/mol. The first-order chi connectivity index (χ1) is 6.09. The minimum Gasteiger partial charge on any atom is -0.262 e. The van der Waals surface area contributed by atoms with Crippen molar-refractivity contribution in [2.24, 2.45) is 7.05 Å². The van der Waals surface area contributed by atoms with Gasteiger partial charge in [0.1, 0.15) is 12.6 Å². The average Bonchev–Trinajstić information content (AvgIpc) is 2.03. The Labute approximate surface area is 73.5 Å². The molecule has 1 aromatic heterocycles. The van der Waals surface area contributed by atoms with Crippen molar-refractivity contribution in [3.05, 3.63) is 40.2 Å². The molecule has 0 amide bonds. The Morgan fingerprint density at radius 2 is 2.38 bits per heavy atom. The second kappa shape index (κ2) is 3.61. The highest BCUT2D eigenvalue weighted by atomic mass is 17.0. The lowest BCUT2D eigenvalue weighted by Crippen LogP contribution is -2.28. The van der Waals surface area contributed by atoms with Gasteiger partial charge in [-0.15, -0.1) is 10.1 Å². The van der Waals surface area contributed by atoms with E-state index < -0.39 is 11.1 Å². The summed E-state index contributed by atoms with van der Waals surface area (Å²) in [7, 11) is 1.70. The van der Waals surface area contributed by atoms with Gasteiger partial charge >= 0.3 is 11.1 Å². The first-order valence-corrected chi connectivity index (χ1v) is 3.41. The number of carbonyl (C=O) groups excluding carboxylic acids is 1. The van der Waals surface area contributed by atoms with Crippen molar-refractivity contribution in [3.63, 3.8) is 0 Å². The maximum absolute atomic E-state index is 10.9. The molecule has 6 heteroatoms. The summed E-state index contributed by atoms with van der Waals surface area (Å²) < 4.78 is 1.59. The van der Waals surface area contributed by atoms with Crippen LogP contribution in [0.4, 0.5) is 0 Å². The molecular formula is C7H7N2O4+. The second-order valence-electron chi connectivity index (χ2n) is 2.36. The summed E-state index contributed by atoms with van der Waals surface area (Å²) in [4.78, 5) is 24.5. The molecule has 0 fully saturated rings. The highest BCUT2D eigenvalue weighted by molar-refractivity contribution is 5.88. The normalized spacial score (nSPS) is 9.31. The summed E-state index contributed by atoms with van der Waals surface area (Å²) in [6, 6.07) is 3.03. The van der Waals surface area contributed by atoms with Crippen molar-refractivity contribution < 1.29 is 19.3 Å². The van der Waals surface area contributed by atoms with E-state index in [0.717, 1.165) is 0 Å². The highest BCUT2D eigenvalue weighted by Gasteiger charge is 2.12. The molecule has 13 heavy (non-hydrogen) atoms. The van der Waals surface area contributed by atoms with Gasteiger partial charge in [0.05, 0.1) is 0 Å². The van der Waals surface area contributed by atoms with E-state index >= 15 is 0 Å². The fourth-order valence-corrected chi connectivity index (χ4v) is 0.829. The van der Waals surface area contributed by atoms with Crippen molar-refractivity contribution in [1.82, 2.24) is 0 Å². The molecule has 0 spiro atoms. The maximum atomic E-state index is 10.9. The first kappa shape index (κ1) is 9.11. The predicted molar refractivity (Wildman–Crippen MR) is 40.0 cm³/mol. The monoisotopic (exact) mass is 183 g/mol. The minimum absolute atomic E-state index is 0.140. The van der Waals surface area contributed by atoms with Crippen molar-refractivity contribution in [2.45, 2.75) is 0 Å². The van der Waals surface area contributed by atoms with Gasteiger partial charge in [-0.1, -0.05) is 0 Å². The lowest BCUT2D eigenvalue weighted by Gasteiger charge is -1.94. The summed E-state index contributed by atoms with van der Waals surface area (Å²) >= 11 is 0. The van der Waals surface area contributed by atoms with Crippen LogP contribution in [0.25, 0.3) is 0 Å². The summed E-state index contributed by atoms with van der Waals surface area (Å²) in [6.45, 7) is 0. The molecule has 6 nitrogen and oxygen atoms in total. The smallest absolute Gasteiger partial charge is 0.262 e. The van der Waals surface area contributed by atoms with E-state index in [1.165, 1.54) is 12.3 Å². The molecule has 0 aliphatic carbocycles. The molecule has 0 bridgehead atoms. The third kappa shape index (κ3) is 2.51. The fraction of sp³-hybridized carbons (Fsp3) is 0.143. The van der Waals surface area contributed by atoms with Crippen LogP contribution in [-0.4, -0.2) is 11.1 Å². The van der Waals surface area contributed by atoms with E-state index in [1.807, 2.05) is 0 Å². The van der Waals surface area contributed by atoms with Gasteiger partial charge in [0.2, 0.25) is 0 Å². The van der Waals surface area contributed by atoms with Gasteiger partial charge in [-0.25, -0.2) is 9.40 Å². The molecule has 0 aliphatic rings. The molecule has 0 saturated carbocycles. The van der Waals surface area contributed by atoms with Crippen LogP contribution in [0.2, 0.25) is 0 Å². The number of aryl methyl sites for hydroxylation is 1. The second-order valence-corrected chi connectivity index (χ2v) is 2.36. The van der Waals surface area contributed by atoms with Crippen LogP contribution in [0, 0.1) is 10.1 Å². The third-order valence-corrected chi connectivity index (χ3v) is 1.33. The molecule has 1 aromatic rings. The van der Waals surface area contributed by atoms with Crippen LogP contribution in [0.1, 0.15) is 10.4 Å². The number of pyridine rings is 1. The fourth-order valence-electron chi connectivity index (χ4n) is 0.829. The van der Waals surface area contributed by atoms with Crippen molar-refractivity contribution in [3.8, 4) is 0 Å². The minimum atomic E-state index is -1.13. The molecule has 0 aromatic carbocycles. The van der Waals surface area contributed by atoms with Crippen LogP contribution < -0.4 is 4.57 Å². The Hall–Kier alpha value is -1.98. The van der Waals surface area contributed by atoms with Gasteiger partial charge in [-0.05, 0) is 6.07 Å². The number of rotatable bonds is 2. The lowest BCUT2D eigenvalue weighted by atomic mass is 10.3. The topological polar surface area (TPSA) is 73.3 Å². The molecule has 0 radical (unpaired) electrons. The molecule has 0 N–H and O–H groups in total. The van der Waals surface area contributed by atoms with Crippen LogP contribution in [0.5, 0.6) is 0 Å². The van der Waals surface area contributed by atoms with Crippen molar-refractivity contribution in [2.75, 3.05) is 0 Å². The number of aromatic nitrogens is 1. The zero-order valence-corrected chi connectivity index (χ0v) is 6.84. The van der Waals surface area contributed by atoms with Crippen LogP contribution in [0.15, 0.2) is 24.5 Å². The van der Waals surface area contributed by atoms with Gasteiger partial charge < -0.3 is 0 Å². The van der Waals surface area contributed by atoms with Crippen molar-refractivity contribution >= 4 is 5.97 Å². The lowest BCUT2D eigenvalue weighted by molar-refractivity contribution is -0.727. The Kier molecular flexibility index (Phi) is 2.53. The SMILES string of the molecule is C[n+]1cccc(C(=O)O[N+](=O)[O-])c1. The third-order valence-electron chi connectivity index (χ3n) is 1.33. The zero-order chi connectivity index (χ0) is 9.84. The highest BCUT2D eigenvalue weighted by Crippen LogP contribution is 1.97. The largest absolute Gasteiger partial charge is 0.340 e. The quantitative estimate of drug-likeness (QED) is 0.363. The van der Waals surface area contributed by atoms with Crippen molar-refractivity contribution in [1.29, 1.82) is 0 Å². The van der Waals surface area contributed by atoms with Gasteiger partial charge in [0.25, 0.3) is 0 Å². The summed E-state index contributed by atoms with van der Waals surface area (Å²) in [5.74, 6) is -0.971. The maximum Gasteiger partial charge on any atom is 0.340 e. The van der Waals surface area contributed by atoms with Gasteiger partial charge in [-0.2, -0.15) is 0 Å². The molecule has 0 unspecified atom stereocenters. The Bertz CT molecular complexity index is 350. The Balaban J connectivity index is 2.83. The van der Waals surface area contributed by atoms with E-state index in [1.54, 1.807) is 23.9 Å². The molecule has 0 atom stereocenters. The molecular weight excluding hydrogens is 176 g/mol. The van der Waals surface area contributed by atoms with E-state index in [-0.39, 0.29) is 5.56 Å². The molecule has 1 rings (SSSR count). The van der Waals surface area contributed by atoms with E-state index in [2.05, 4.69) is 4.84 Å². The molecule has 0 aliphatic heterocycles. The standard InChI is InChI=1S/C7H7N2O4/c1-8-4-2-3-6(5-8)7(10)13-9(11)12/h2-5H,1H3/q+1. The molecule has 68 valence electrons. The van der Waals surface area contributed by atoms with Crippen LogP contribution in [0.3, 0.4) is 0 Å². The predicted octanol–water partition coefficient (Wildman–Crippen LogP) is -0.140.